The molecule has 5 nitrogen and oxygen atoms in total. The van der Waals surface area contributed by atoms with Crippen molar-refractivity contribution in [2.45, 2.75) is 18.9 Å². The van der Waals surface area contributed by atoms with Gasteiger partial charge in [0.15, 0.2) is 0 Å². The Kier molecular flexibility index (Phi) is 3.25. The second kappa shape index (κ2) is 4.81. The van der Waals surface area contributed by atoms with Gasteiger partial charge < -0.3 is 5.73 Å². The van der Waals surface area contributed by atoms with Gasteiger partial charge in [-0.25, -0.2) is 13.8 Å². The number of rotatable bonds is 2. The normalized spacial score (nSPS) is 14.6. The van der Waals surface area contributed by atoms with Crippen molar-refractivity contribution in [1.29, 1.82) is 0 Å². The van der Waals surface area contributed by atoms with E-state index in [1.54, 1.807) is 6.07 Å². The lowest BCUT2D eigenvalue weighted by molar-refractivity contribution is -0.264. The zero-order valence-corrected chi connectivity index (χ0v) is 12.6. The van der Waals surface area contributed by atoms with Gasteiger partial charge in [0.05, 0.1) is 11.8 Å². The molecule has 0 atom stereocenters. The van der Waals surface area contributed by atoms with E-state index in [4.69, 9.17) is 0 Å². The fraction of sp³-hybridized carbons (Fsp3) is 0.231. The highest BCUT2D eigenvalue weighted by Gasteiger charge is 2.29. The van der Waals surface area contributed by atoms with Gasteiger partial charge >= 0.3 is 5.69 Å². The van der Waals surface area contributed by atoms with Crippen LogP contribution in [0.2, 0.25) is 0 Å². The summed E-state index contributed by atoms with van der Waals surface area (Å²) in [6.45, 7) is 0. The first-order valence-corrected chi connectivity index (χ1v) is 7.23. The van der Waals surface area contributed by atoms with Gasteiger partial charge in [-0.1, -0.05) is 0 Å². The molecular formula is C13H12FIN3O2+. The van der Waals surface area contributed by atoms with Crippen molar-refractivity contribution in [3.63, 3.8) is 0 Å². The van der Waals surface area contributed by atoms with Gasteiger partial charge in [-0.05, 0) is 53.6 Å². The van der Waals surface area contributed by atoms with Crippen LogP contribution < -0.4 is 17.0 Å². The minimum atomic E-state index is -0.523. The summed E-state index contributed by atoms with van der Waals surface area (Å²) in [4.78, 5) is 24.3. The number of hydrogen-bond acceptors (Lipinski definition) is 2. The molecular weight excluding hydrogens is 376 g/mol. The molecule has 1 aliphatic carbocycles. The molecule has 0 spiro atoms. The maximum absolute atomic E-state index is 14.1. The maximum Gasteiger partial charge on any atom is 0.340 e. The molecule has 2 aromatic rings. The lowest BCUT2D eigenvalue weighted by Gasteiger charge is -2.11. The molecule has 3 rings (SSSR count). The Labute approximate surface area is 127 Å². The SMILES string of the molecule is [NH3+]c1cc(=O)n(C2CC2)c(=O)n1-c1ccc(I)cc1F. The molecule has 0 aliphatic heterocycles. The zero-order valence-electron chi connectivity index (χ0n) is 10.5. The van der Waals surface area contributed by atoms with Crippen LogP contribution >= 0.6 is 22.6 Å². The molecule has 1 heterocycles. The monoisotopic (exact) mass is 388 g/mol. The molecule has 0 bridgehead atoms. The van der Waals surface area contributed by atoms with Crippen LogP contribution in [0.1, 0.15) is 18.9 Å². The van der Waals surface area contributed by atoms with Crippen molar-refractivity contribution in [1.82, 2.24) is 9.13 Å². The largest absolute Gasteiger partial charge is 0.340 e. The summed E-state index contributed by atoms with van der Waals surface area (Å²) in [7, 11) is 0. The van der Waals surface area contributed by atoms with E-state index in [0.29, 0.717) is 0 Å². The van der Waals surface area contributed by atoms with Crippen LogP contribution in [0.4, 0.5) is 10.2 Å². The minimum absolute atomic E-state index is 0.0613. The van der Waals surface area contributed by atoms with Gasteiger partial charge in [-0.2, -0.15) is 0 Å². The highest BCUT2D eigenvalue weighted by molar-refractivity contribution is 14.1. The van der Waals surface area contributed by atoms with E-state index in [1.807, 2.05) is 22.6 Å². The Hall–Kier alpha value is -1.48. The Morgan fingerprint density at radius 1 is 1.25 bits per heavy atom. The third-order valence-corrected chi connectivity index (χ3v) is 3.95. The van der Waals surface area contributed by atoms with Gasteiger partial charge in [0.1, 0.15) is 5.82 Å². The van der Waals surface area contributed by atoms with Crippen molar-refractivity contribution in [2.75, 3.05) is 0 Å². The van der Waals surface area contributed by atoms with Gasteiger partial charge in [-0.15, -0.1) is 0 Å². The van der Waals surface area contributed by atoms with Crippen LogP contribution in [0.15, 0.2) is 33.9 Å². The van der Waals surface area contributed by atoms with E-state index in [0.717, 1.165) is 21.0 Å². The highest BCUT2D eigenvalue weighted by Crippen LogP contribution is 2.32. The average molecular weight is 388 g/mol. The van der Waals surface area contributed by atoms with Crippen molar-refractivity contribution in [3.05, 3.63) is 54.5 Å². The number of halogens is 2. The standard InChI is InChI=1S/C13H11FIN3O2/c14-9-5-7(15)1-4-10(9)18-11(16)6-12(19)17(13(18)20)8-2-3-8/h1,4-6,8H,2-3,16H2/p+1. The van der Waals surface area contributed by atoms with E-state index in [-0.39, 0.29) is 23.1 Å². The fourth-order valence-corrected chi connectivity index (χ4v) is 2.64. The quantitative estimate of drug-likeness (QED) is 0.779. The van der Waals surface area contributed by atoms with Crippen molar-refractivity contribution >= 4 is 28.4 Å². The smallest absolute Gasteiger partial charge is 0.310 e. The lowest BCUT2D eigenvalue weighted by atomic mass is 10.3. The molecule has 1 aromatic carbocycles. The Morgan fingerprint density at radius 3 is 2.55 bits per heavy atom. The number of hydrogen-bond donors (Lipinski definition) is 1. The Morgan fingerprint density at radius 2 is 1.95 bits per heavy atom. The molecule has 0 unspecified atom stereocenters. The number of quaternary nitrogens is 1. The highest BCUT2D eigenvalue weighted by atomic mass is 127. The first kappa shape index (κ1) is 13.5. The van der Waals surface area contributed by atoms with Crippen LogP contribution in [-0.4, -0.2) is 9.13 Å². The molecule has 1 aromatic heterocycles. The lowest BCUT2D eigenvalue weighted by Crippen LogP contribution is -2.51. The zero-order chi connectivity index (χ0) is 14.4. The number of benzene rings is 1. The second-order valence-electron chi connectivity index (χ2n) is 4.79. The first-order valence-electron chi connectivity index (χ1n) is 6.15. The summed E-state index contributed by atoms with van der Waals surface area (Å²) in [5.41, 5.74) is 2.91. The molecule has 1 saturated carbocycles. The van der Waals surface area contributed by atoms with Crippen molar-refractivity contribution < 1.29 is 10.1 Å². The first-order chi connectivity index (χ1) is 9.49. The van der Waals surface area contributed by atoms with Gasteiger partial charge in [0.2, 0.25) is 5.82 Å². The van der Waals surface area contributed by atoms with Crippen LogP contribution in [-0.2, 0) is 0 Å². The molecule has 20 heavy (non-hydrogen) atoms. The summed E-state index contributed by atoms with van der Waals surface area (Å²) in [5, 5.41) is 0. The van der Waals surface area contributed by atoms with E-state index >= 15 is 0 Å². The van der Waals surface area contributed by atoms with Crippen LogP contribution in [0, 0.1) is 9.39 Å². The van der Waals surface area contributed by atoms with Gasteiger partial charge in [0, 0.05) is 9.61 Å². The predicted molar refractivity (Wildman–Crippen MR) is 79.8 cm³/mol. The van der Waals surface area contributed by atoms with Gasteiger partial charge in [-0.3, -0.25) is 9.36 Å². The number of nitrogens with zero attached hydrogens (tertiary/aromatic N) is 2. The summed E-state index contributed by atoms with van der Waals surface area (Å²) < 4.78 is 17.1. The predicted octanol–water partition coefficient (Wildman–Crippen LogP) is 0.951. The van der Waals surface area contributed by atoms with Crippen molar-refractivity contribution in [3.8, 4) is 5.69 Å². The maximum atomic E-state index is 14.1. The number of aromatic nitrogens is 2. The molecule has 1 fully saturated rings. The average Bonchev–Trinajstić information content (AvgIpc) is 3.15. The van der Waals surface area contributed by atoms with Gasteiger partial charge in [0.25, 0.3) is 5.56 Å². The topological polar surface area (TPSA) is 71.6 Å². The molecule has 1 aliphatic rings. The molecule has 0 amide bonds. The van der Waals surface area contributed by atoms with Crippen LogP contribution in [0.5, 0.6) is 0 Å². The molecule has 0 radical (unpaired) electrons. The van der Waals surface area contributed by atoms with E-state index < -0.39 is 11.5 Å². The second-order valence-corrected chi connectivity index (χ2v) is 6.03. The fourth-order valence-electron chi connectivity index (χ4n) is 2.19. The summed E-state index contributed by atoms with van der Waals surface area (Å²) in [5.74, 6) is -0.318. The van der Waals surface area contributed by atoms with Crippen LogP contribution in [0.3, 0.4) is 0 Å². The summed E-state index contributed by atoms with van der Waals surface area (Å²) in [6, 6.07) is 5.78. The summed E-state index contributed by atoms with van der Waals surface area (Å²) >= 11 is 1.99. The van der Waals surface area contributed by atoms with Crippen LogP contribution in [0.25, 0.3) is 5.69 Å². The molecule has 104 valence electrons. The molecule has 0 saturated heterocycles. The summed E-state index contributed by atoms with van der Waals surface area (Å²) in [6.07, 6.45) is 1.61. The third-order valence-electron chi connectivity index (χ3n) is 3.27. The Balaban J connectivity index is 2.31. The van der Waals surface area contributed by atoms with E-state index in [9.17, 15) is 14.0 Å². The third kappa shape index (κ3) is 2.20. The minimum Gasteiger partial charge on any atom is -0.310 e. The molecule has 3 N–H and O–H groups in total. The Bertz CT molecular complexity index is 808. The van der Waals surface area contributed by atoms with E-state index in [1.165, 1.54) is 22.8 Å². The van der Waals surface area contributed by atoms with E-state index in [2.05, 4.69) is 5.73 Å². The molecule has 7 heteroatoms. The van der Waals surface area contributed by atoms with Crippen molar-refractivity contribution in [2.24, 2.45) is 0 Å².